The fraction of sp³-hybridized carbons (Fsp3) is 0.909. The zero-order valence-corrected chi connectivity index (χ0v) is 13.2. The first-order chi connectivity index (χ1) is 8.40. The predicted octanol–water partition coefficient (Wildman–Crippen LogP) is -0.322. The molecule has 2 atom stereocenters. The van der Waals surface area contributed by atoms with E-state index in [2.05, 4.69) is 5.32 Å². The number of carbonyl (C=O) groups is 1. The maximum Gasteiger partial charge on any atom is 0.236 e. The second kappa shape index (κ2) is 8.04. The van der Waals surface area contributed by atoms with Gasteiger partial charge < -0.3 is 15.0 Å². The molecular formula is C11H23ClN2O4S. The molecule has 0 aliphatic carbocycles. The van der Waals surface area contributed by atoms with Gasteiger partial charge in [0, 0.05) is 26.2 Å². The van der Waals surface area contributed by atoms with Crippen molar-refractivity contribution in [2.45, 2.75) is 25.1 Å². The summed E-state index contributed by atoms with van der Waals surface area (Å²) in [5.41, 5.74) is 0. The Hall–Kier alpha value is -0.370. The summed E-state index contributed by atoms with van der Waals surface area (Å²) in [4.78, 5) is 13.6. The van der Waals surface area contributed by atoms with Crippen LogP contribution in [0.15, 0.2) is 0 Å². The number of nitrogens with zero attached hydrogens (tertiary/aromatic N) is 1. The fourth-order valence-corrected chi connectivity index (χ4v) is 3.56. The molecule has 0 saturated carbocycles. The van der Waals surface area contributed by atoms with E-state index in [1.807, 2.05) is 0 Å². The summed E-state index contributed by atoms with van der Waals surface area (Å²) >= 11 is 0. The number of rotatable bonds is 5. The largest absolute Gasteiger partial charge is 0.383 e. The molecule has 1 N–H and O–H groups in total. The van der Waals surface area contributed by atoms with Crippen molar-refractivity contribution >= 4 is 28.2 Å². The van der Waals surface area contributed by atoms with E-state index in [-0.39, 0.29) is 36.7 Å². The molecule has 1 heterocycles. The topological polar surface area (TPSA) is 75.7 Å². The molecule has 0 spiro atoms. The summed E-state index contributed by atoms with van der Waals surface area (Å²) < 4.78 is 28.2. The van der Waals surface area contributed by atoms with Crippen LogP contribution in [0.2, 0.25) is 0 Å². The van der Waals surface area contributed by atoms with Crippen LogP contribution in [-0.4, -0.2) is 69.6 Å². The van der Waals surface area contributed by atoms with Gasteiger partial charge in [0.15, 0.2) is 9.84 Å². The second-order valence-corrected chi connectivity index (χ2v) is 7.05. The van der Waals surface area contributed by atoms with Crippen molar-refractivity contribution in [2.75, 3.05) is 39.1 Å². The highest BCUT2D eigenvalue weighted by molar-refractivity contribution is 7.92. The quantitative estimate of drug-likeness (QED) is 0.704. The maximum atomic E-state index is 12.0. The average Bonchev–Trinajstić information content (AvgIpc) is 2.32. The Morgan fingerprint density at radius 2 is 2.05 bits per heavy atom. The molecular weight excluding hydrogens is 292 g/mol. The molecule has 19 heavy (non-hydrogen) atoms. The Balaban J connectivity index is 0.00000324. The first-order valence-electron chi connectivity index (χ1n) is 6.11. The number of halogens is 1. The van der Waals surface area contributed by atoms with E-state index in [1.165, 1.54) is 0 Å². The van der Waals surface area contributed by atoms with Crippen molar-refractivity contribution in [2.24, 2.45) is 0 Å². The molecule has 1 aliphatic rings. The van der Waals surface area contributed by atoms with Gasteiger partial charge in [0.25, 0.3) is 0 Å². The molecule has 1 rings (SSSR count). The van der Waals surface area contributed by atoms with Gasteiger partial charge >= 0.3 is 0 Å². The van der Waals surface area contributed by atoms with Gasteiger partial charge in [-0.15, -0.1) is 12.4 Å². The summed E-state index contributed by atoms with van der Waals surface area (Å²) in [5, 5.41) is 2.48. The molecule has 2 unspecified atom stereocenters. The Morgan fingerprint density at radius 3 is 2.63 bits per heavy atom. The molecule has 1 amide bonds. The number of hydrogen-bond acceptors (Lipinski definition) is 5. The minimum atomic E-state index is -3.04. The Morgan fingerprint density at radius 1 is 1.42 bits per heavy atom. The number of hydrogen-bond donors (Lipinski definition) is 1. The van der Waals surface area contributed by atoms with Gasteiger partial charge in [-0.25, -0.2) is 8.42 Å². The Labute approximate surface area is 121 Å². The Bertz CT molecular complexity index is 388. The second-order valence-electron chi connectivity index (χ2n) is 4.57. The normalized spacial score (nSPS) is 25.7. The van der Waals surface area contributed by atoms with E-state index in [0.29, 0.717) is 19.7 Å². The van der Waals surface area contributed by atoms with Crippen molar-refractivity contribution in [3.63, 3.8) is 0 Å². The predicted molar refractivity (Wildman–Crippen MR) is 76.4 cm³/mol. The minimum absolute atomic E-state index is 0. The smallest absolute Gasteiger partial charge is 0.236 e. The molecule has 114 valence electrons. The molecule has 1 aliphatic heterocycles. The minimum Gasteiger partial charge on any atom is -0.383 e. The zero-order valence-electron chi connectivity index (χ0n) is 11.6. The summed E-state index contributed by atoms with van der Waals surface area (Å²) in [6.07, 6.45) is 0. The van der Waals surface area contributed by atoms with Crippen molar-refractivity contribution in [1.82, 2.24) is 10.2 Å². The van der Waals surface area contributed by atoms with Crippen LogP contribution in [0.1, 0.15) is 13.8 Å². The lowest BCUT2D eigenvalue weighted by Crippen LogP contribution is -2.56. The van der Waals surface area contributed by atoms with Gasteiger partial charge in [0.05, 0.1) is 24.2 Å². The fourth-order valence-electron chi connectivity index (χ4n) is 1.99. The molecule has 8 heteroatoms. The molecule has 1 saturated heterocycles. The third kappa shape index (κ3) is 4.91. The number of methoxy groups -OCH3 is 1. The van der Waals surface area contributed by atoms with Crippen LogP contribution >= 0.6 is 12.4 Å². The average molecular weight is 315 g/mol. The van der Waals surface area contributed by atoms with Crippen LogP contribution in [0.5, 0.6) is 0 Å². The first kappa shape index (κ1) is 18.6. The van der Waals surface area contributed by atoms with Gasteiger partial charge in [-0.05, 0) is 13.8 Å². The highest BCUT2D eigenvalue weighted by atomic mass is 35.5. The lowest BCUT2D eigenvalue weighted by molar-refractivity contribution is -0.132. The monoisotopic (exact) mass is 314 g/mol. The number of amides is 1. The SMILES string of the molecule is COCCNCC(=O)N1CCS(=O)(=O)C(C)C1C.Cl. The number of ether oxygens (including phenoxy) is 1. The standard InChI is InChI=1S/C11H22N2O4S.ClH/c1-9-10(2)18(15,16)7-5-13(9)11(14)8-12-4-6-17-3;/h9-10,12H,4-8H2,1-3H3;1H. The third-order valence-electron chi connectivity index (χ3n) is 3.43. The molecule has 6 nitrogen and oxygen atoms in total. The van der Waals surface area contributed by atoms with E-state index < -0.39 is 15.1 Å². The van der Waals surface area contributed by atoms with Gasteiger partial charge in [-0.2, -0.15) is 0 Å². The summed E-state index contributed by atoms with van der Waals surface area (Å²) in [6, 6.07) is -0.263. The van der Waals surface area contributed by atoms with Crippen LogP contribution in [0.4, 0.5) is 0 Å². The molecule has 0 aromatic carbocycles. The van der Waals surface area contributed by atoms with Crippen molar-refractivity contribution in [3.8, 4) is 0 Å². The van der Waals surface area contributed by atoms with Crippen LogP contribution in [0.3, 0.4) is 0 Å². The van der Waals surface area contributed by atoms with Gasteiger partial charge in [-0.1, -0.05) is 0 Å². The summed E-state index contributed by atoms with van der Waals surface area (Å²) in [5.74, 6) is 0.00263. The van der Waals surface area contributed by atoms with E-state index in [4.69, 9.17) is 4.74 Å². The van der Waals surface area contributed by atoms with Crippen molar-refractivity contribution < 1.29 is 17.9 Å². The van der Waals surface area contributed by atoms with Crippen LogP contribution in [0.25, 0.3) is 0 Å². The van der Waals surface area contributed by atoms with E-state index >= 15 is 0 Å². The molecule has 0 bridgehead atoms. The van der Waals surface area contributed by atoms with Gasteiger partial charge in [0.1, 0.15) is 0 Å². The number of carbonyl (C=O) groups excluding carboxylic acids is 1. The third-order valence-corrected chi connectivity index (χ3v) is 5.71. The highest BCUT2D eigenvalue weighted by Crippen LogP contribution is 2.19. The number of sulfone groups is 1. The summed E-state index contributed by atoms with van der Waals surface area (Å²) in [7, 11) is -1.44. The van der Waals surface area contributed by atoms with E-state index in [0.717, 1.165) is 0 Å². The van der Waals surface area contributed by atoms with Crippen LogP contribution in [0, 0.1) is 0 Å². The van der Waals surface area contributed by atoms with Crippen LogP contribution < -0.4 is 5.32 Å². The zero-order chi connectivity index (χ0) is 13.8. The molecule has 0 aromatic rings. The van der Waals surface area contributed by atoms with Crippen molar-refractivity contribution in [1.29, 1.82) is 0 Å². The Kier molecular flexibility index (Phi) is 7.88. The molecule has 0 aromatic heterocycles. The first-order valence-corrected chi connectivity index (χ1v) is 7.82. The number of nitrogens with one attached hydrogen (secondary N) is 1. The van der Waals surface area contributed by atoms with E-state index in [1.54, 1.807) is 25.9 Å². The van der Waals surface area contributed by atoms with E-state index in [9.17, 15) is 13.2 Å². The molecule has 0 radical (unpaired) electrons. The summed E-state index contributed by atoms with van der Waals surface area (Å²) in [6.45, 7) is 5.12. The highest BCUT2D eigenvalue weighted by Gasteiger charge is 2.37. The van der Waals surface area contributed by atoms with Crippen molar-refractivity contribution in [3.05, 3.63) is 0 Å². The van der Waals surface area contributed by atoms with Gasteiger partial charge in [-0.3, -0.25) is 4.79 Å². The lowest BCUT2D eigenvalue weighted by atomic mass is 10.2. The van der Waals surface area contributed by atoms with Gasteiger partial charge in [0.2, 0.25) is 5.91 Å². The maximum absolute atomic E-state index is 12.0. The van der Waals surface area contributed by atoms with Crippen LogP contribution in [-0.2, 0) is 19.4 Å². The molecule has 1 fully saturated rings. The lowest BCUT2D eigenvalue weighted by Gasteiger charge is -2.37.